The Hall–Kier alpha value is -4.25. The standard InChI is InChI=1S/C25H22N4O4/c1-2-33-25(32)22-21(26-28-27-22)18-12-9-11-17(16-18)10-5-3-4-8-15-29-23(30)19-13-6-7-14-20(19)24(29)31/h6-7,9,11-14,16H,2-4,8,15H2,1H3,(H,26,27,28). The van der Waals surface area contributed by atoms with E-state index in [4.69, 9.17) is 4.74 Å². The molecule has 8 heteroatoms. The molecule has 0 fully saturated rings. The highest BCUT2D eigenvalue weighted by Crippen LogP contribution is 2.23. The van der Waals surface area contributed by atoms with Gasteiger partial charge in [-0.2, -0.15) is 10.3 Å². The van der Waals surface area contributed by atoms with Gasteiger partial charge >= 0.3 is 5.97 Å². The van der Waals surface area contributed by atoms with E-state index in [1.165, 1.54) is 4.90 Å². The van der Waals surface area contributed by atoms with Crippen molar-refractivity contribution >= 4 is 17.8 Å². The van der Waals surface area contributed by atoms with Crippen molar-refractivity contribution in [1.29, 1.82) is 0 Å². The number of aromatic amines is 1. The van der Waals surface area contributed by atoms with Crippen LogP contribution in [0.15, 0.2) is 48.5 Å². The van der Waals surface area contributed by atoms with Crippen molar-refractivity contribution in [3.8, 4) is 23.1 Å². The highest BCUT2D eigenvalue weighted by atomic mass is 16.5. The first-order valence-corrected chi connectivity index (χ1v) is 10.7. The van der Waals surface area contributed by atoms with E-state index in [1.807, 2.05) is 24.3 Å². The minimum atomic E-state index is -0.532. The van der Waals surface area contributed by atoms with Crippen LogP contribution in [0.4, 0.5) is 0 Å². The van der Waals surface area contributed by atoms with Gasteiger partial charge in [0.15, 0.2) is 5.69 Å². The number of benzene rings is 2. The lowest BCUT2D eigenvalue weighted by molar-refractivity contribution is 0.0519. The lowest BCUT2D eigenvalue weighted by atomic mass is 10.1. The fourth-order valence-corrected chi connectivity index (χ4v) is 3.61. The molecule has 0 radical (unpaired) electrons. The smallest absolute Gasteiger partial charge is 0.361 e. The number of fused-ring (bicyclic) bond motifs is 1. The summed E-state index contributed by atoms with van der Waals surface area (Å²) in [5, 5.41) is 10.4. The number of H-pyrrole nitrogens is 1. The number of nitrogens with one attached hydrogen (secondary N) is 1. The molecule has 0 unspecified atom stereocenters. The number of unbranched alkanes of at least 4 members (excludes halogenated alkanes) is 2. The molecular formula is C25H22N4O4. The summed E-state index contributed by atoms with van der Waals surface area (Å²) in [6.45, 7) is 2.36. The van der Waals surface area contributed by atoms with Crippen molar-refractivity contribution in [1.82, 2.24) is 20.3 Å². The van der Waals surface area contributed by atoms with Gasteiger partial charge in [0.25, 0.3) is 11.8 Å². The van der Waals surface area contributed by atoms with Crippen LogP contribution in [-0.2, 0) is 4.74 Å². The molecule has 0 aliphatic carbocycles. The number of nitrogens with zero attached hydrogens (tertiary/aromatic N) is 3. The predicted molar refractivity (Wildman–Crippen MR) is 120 cm³/mol. The van der Waals surface area contributed by atoms with Crippen LogP contribution in [-0.4, -0.2) is 51.2 Å². The number of amides is 2. The highest BCUT2D eigenvalue weighted by molar-refractivity contribution is 6.21. The summed E-state index contributed by atoms with van der Waals surface area (Å²) in [4.78, 5) is 38.1. The summed E-state index contributed by atoms with van der Waals surface area (Å²) in [6.07, 6.45) is 2.07. The molecule has 0 bridgehead atoms. The third kappa shape index (κ3) is 4.67. The molecule has 8 nitrogen and oxygen atoms in total. The maximum absolute atomic E-state index is 12.4. The van der Waals surface area contributed by atoms with E-state index in [1.54, 1.807) is 31.2 Å². The molecule has 0 saturated carbocycles. The first kappa shape index (κ1) is 22.0. The van der Waals surface area contributed by atoms with Crippen molar-refractivity contribution < 1.29 is 19.1 Å². The Bertz CT molecular complexity index is 1230. The summed E-state index contributed by atoms with van der Waals surface area (Å²) in [7, 11) is 0. The number of ether oxygens (including phenoxy) is 1. The van der Waals surface area contributed by atoms with Gasteiger partial charge in [0.1, 0.15) is 5.69 Å². The van der Waals surface area contributed by atoms with Crippen LogP contribution in [0.2, 0.25) is 0 Å². The van der Waals surface area contributed by atoms with Crippen LogP contribution >= 0.6 is 0 Å². The lowest BCUT2D eigenvalue weighted by Crippen LogP contribution is -2.30. The molecule has 166 valence electrons. The van der Waals surface area contributed by atoms with Gasteiger partial charge in [0.2, 0.25) is 0 Å². The zero-order chi connectivity index (χ0) is 23.2. The van der Waals surface area contributed by atoms with Crippen LogP contribution in [0.25, 0.3) is 11.3 Å². The third-order valence-corrected chi connectivity index (χ3v) is 5.20. The summed E-state index contributed by atoms with van der Waals surface area (Å²) < 4.78 is 5.01. The van der Waals surface area contributed by atoms with E-state index in [9.17, 15) is 14.4 Å². The maximum Gasteiger partial charge on any atom is 0.361 e. The first-order valence-electron chi connectivity index (χ1n) is 10.7. The molecule has 0 spiro atoms. The molecule has 0 atom stereocenters. The van der Waals surface area contributed by atoms with Gasteiger partial charge in [-0.1, -0.05) is 36.1 Å². The first-order chi connectivity index (χ1) is 16.1. The monoisotopic (exact) mass is 442 g/mol. The van der Waals surface area contributed by atoms with Crippen molar-refractivity contribution in [2.45, 2.75) is 26.2 Å². The number of carbonyl (C=O) groups excluding carboxylic acids is 3. The number of esters is 1. The Balaban J connectivity index is 1.32. The molecule has 2 amide bonds. The van der Waals surface area contributed by atoms with Gasteiger partial charge in [-0.3, -0.25) is 14.5 Å². The number of hydrogen-bond donors (Lipinski definition) is 1. The van der Waals surface area contributed by atoms with Crippen LogP contribution in [0.3, 0.4) is 0 Å². The molecule has 33 heavy (non-hydrogen) atoms. The molecule has 1 N–H and O–H groups in total. The topological polar surface area (TPSA) is 105 Å². The lowest BCUT2D eigenvalue weighted by Gasteiger charge is -2.12. The fraction of sp³-hybridized carbons (Fsp3) is 0.240. The van der Waals surface area contributed by atoms with Gasteiger partial charge in [0, 0.05) is 24.1 Å². The van der Waals surface area contributed by atoms with Crippen molar-refractivity contribution in [3.05, 3.63) is 70.9 Å². The van der Waals surface area contributed by atoms with Gasteiger partial charge in [0.05, 0.1) is 17.7 Å². The van der Waals surface area contributed by atoms with E-state index >= 15 is 0 Å². The van der Waals surface area contributed by atoms with Gasteiger partial charge in [-0.05, 0) is 44.0 Å². The van der Waals surface area contributed by atoms with Crippen molar-refractivity contribution in [2.75, 3.05) is 13.2 Å². The normalized spacial score (nSPS) is 12.3. The Labute approximate surface area is 190 Å². The van der Waals surface area contributed by atoms with Crippen LogP contribution in [0.1, 0.15) is 63.0 Å². The minimum Gasteiger partial charge on any atom is -0.461 e. The number of rotatable bonds is 7. The van der Waals surface area contributed by atoms with Crippen molar-refractivity contribution in [3.63, 3.8) is 0 Å². The van der Waals surface area contributed by atoms with E-state index in [2.05, 4.69) is 27.3 Å². The highest BCUT2D eigenvalue weighted by Gasteiger charge is 2.34. The van der Waals surface area contributed by atoms with Gasteiger partial charge in [-0.15, -0.1) is 5.10 Å². The van der Waals surface area contributed by atoms with Crippen LogP contribution in [0, 0.1) is 11.8 Å². The van der Waals surface area contributed by atoms with E-state index in [0.717, 1.165) is 12.0 Å². The largest absolute Gasteiger partial charge is 0.461 e. The summed E-state index contributed by atoms with van der Waals surface area (Å²) in [5.41, 5.74) is 2.99. The molecule has 2 heterocycles. The average Bonchev–Trinajstić information content (AvgIpc) is 3.41. The number of carbonyl (C=O) groups is 3. The zero-order valence-corrected chi connectivity index (χ0v) is 18.1. The predicted octanol–water partition coefficient (Wildman–Crippen LogP) is 3.47. The third-order valence-electron chi connectivity index (χ3n) is 5.20. The van der Waals surface area contributed by atoms with Crippen LogP contribution < -0.4 is 0 Å². The molecule has 4 rings (SSSR count). The number of hydrogen-bond acceptors (Lipinski definition) is 6. The summed E-state index contributed by atoms with van der Waals surface area (Å²) in [6, 6.07) is 14.3. The van der Waals surface area contributed by atoms with E-state index in [0.29, 0.717) is 41.8 Å². The number of imide groups is 1. The molecule has 3 aromatic rings. The molecule has 0 saturated heterocycles. The van der Waals surface area contributed by atoms with Crippen molar-refractivity contribution in [2.24, 2.45) is 0 Å². The zero-order valence-electron chi connectivity index (χ0n) is 18.1. The Kier molecular flexibility index (Phi) is 6.60. The maximum atomic E-state index is 12.4. The Morgan fingerprint density at radius 1 is 1.03 bits per heavy atom. The fourth-order valence-electron chi connectivity index (χ4n) is 3.61. The van der Waals surface area contributed by atoms with Gasteiger partial charge in [-0.25, -0.2) is 4.79 Å². The second-order valence-corrected chi connectivity index (χ2v) is 7.39. The second-order valence-electron chi connectivity index (χ2n) is 7.39. The molecule has 1 aliphatic heterocycles. The Morgan fingerprint density at radius 3 is 2.52 bits per heavy atom. The Morgan fingerprint density at radius 2 is 1.79 bits per heavy atom. The summed E-state index contributed by atoms with van der Waals surface area (Å²) in [5.74, 6) is 5.24. The second kappa shape index (κ2) is 9.92. The summed E-state index contributed by atoms with van der Waals surface area (Å²) >= 11 is 0. The van der Waals surface area contributed by atoms with Gasteiger partial charge < -0.3 is 4.74 Å². The molecular weight excluding hydrogens is 420 g/mol. The van der Waals surface area contributed by atoms with Crippen LogP contribution in [0.5, 0.6) is 0 Å². The molecule has 1 aliphatic rings. The van der Waals surface area contributed by atoms with E-state index in [-0.39, 0.29) is 24.1 Å². The van der Waals surface area contributed by atoms with E-state index < -0.39 is 5.97 Å². The number of aromatic nitrogens is 3. The average molecular weight is 442 g/mol. The SMILES string of the molecule is CCOC(=O)c1n[nH]nc1-c1cccc(C#CCCCCN2C(=O)c3ccccc3C2=O)c1. The molecule has 2 aromatic carbocycles. The minimum absolute atomic E-state index is 0.134. The molecule has 1 aromatic heterocycles. The quantitative estimate of drug-likeness (QED) is 0.260.